The van der Waals surface area contributed by atoms with E-state index < -0.39 is 9.84 Å². The van der Waals surface area contributed by atoms with Gasteiger partial charge in [0.1, 0.15) is 0 Å². The van der Waals surface area contributed by atoms with Crippen LogP contribution in [-0.4, -0.2) is 44.0 Å². The van der Waals surface area contributed by atoms with Gasteiger partial charge in [0.15, 0.2) is 9.84 Å². The van der Waals surface area contributed by atoms with Crippen LogP contribution in [0, 0.1) is 17.2 Å². The molecule has 0 aliphatic carbocycles. The molecule has 0 aromatic rings. The van der Waals surface area contributed by atoms with E-state index in [1.807, 2.05) is 0 Å². The molecule has 2 aliphatic heterocycles. The van der Waals surface area contributed by atoms with Crippen LogP contribution in [0.4, 0.5) is 0 Å². The van der Waals surface area contributed by atoms with Crippen LogP contribution in [0.1, 0.15) is 12.8 Å². The third kappa shape index (κ3) is 1.91. The molecule has 0 saturated carbocycles. The van der Waals surface area contributed by atoms with Gasteiger partial charge in [0.2, 0.25) is 0 Å². The molecule has 2 fully saturated rings. The second-order valence-corrected chi connectivity index (χ2v) is 6.40. The molecule has 14 heavy (non-hydrogen) atoms. The highest BCUT2D eigenvalue weighted by Crippen LogP contribution is 2.24. The predicted molar refractivity (Wildman–Crippen MR) is 52.4 cm³/mol. The number of nitrogens with zero attached hydrogens (tertiary/aromatic N) is 2. The number of sulfone groups is 1. The van der Waals surface area contributed by atoms with Gasteiger partial charge in [-0.25, -0.2) is 8.42 Å². The normalized spacial score (nSPS) is 37.1. The van der Waals surface area contributed by atoms with Gasteiger partial charge in [-0.3, -0.25) is 4.90 Å². The highest BCUT2D eigenvalue weighted by molar-refractivity contribution is 7.91. The molecule has 2 aliphatic rings. The van der Waals surface area contributed by atoms with Crippen molar-refractivity contribution in [2.75, 3.05) is 24.6 Å². The summed E-state index contributed by atoms with van der Waals surface area (Å²) in [5.74, 6) is 0.731. The molecule has 2 rings (SSSR count). The Kier molecular flexibility index (Phi) is 2.50. The number of rotatable bonds is 1. The van der Waals surface area contributed by atoms with Crippen LogP contribution in [0.3, 0.4) is 0 Å². The molecule has 0 aromatic heterocycles. The van der Waals surface area contributed by atoms with E-state index in [1.165, 1.54) is 0 Å². The number of hydrogen-bond acceptors (Lipinski definition) is 4. The summed E-state index contributed by atoms with van der Waals surface area (Å²) in [5, 5.41) is 8.73. The van der Waals surface area contributed by atoms with Gasteiger partial charge in [-0.2, -0.15) is 5.26 Å². The lowest BCUT2D eigenvalue weighted by molar-refractivity contribution is 0.259. The fourth-order valence-corrected chi connectivity index (χ4v) is 4.05. The molecule has 5 heteroatoms. The van der Waals surface area contributed by atoms with Gasteiger partial charge in [-0.05, 0) is 19.4 Å². The minimum atomic E-state index is -2.78. The van der Waals surface area contributed by atoms with E-state index in [-0.39, 0.29) is 12.0 Å². The van der Waals surface area contributed by atoms with Gasteiger partial charge < -0.3 is 0 Å². The van der Waals surface area contributed by atoms with Gasteiger partial charge in [0.25, 0.3) is 0 Å². The first-order chi connectivity index (χ1) is 6.61. The Balaban J connectivity index is 1.96. The molecule has 4 nitrogen and oxygen atoms in total. The Bertz CT molecular complexity index is 357. The highest BCUT2D eigenvalue weighted by Gasteiger charge is 2.35. The zero-order valence-electron chi connectivity index (χ0n) is 8.02. The molecule has 0 amide bonds. The van der Waals surface area contributed by atoms with Gasteiger partial charge in [0.05, 0.1) is 23.5 Å². The molecular formula is C9H14N2O2S. The zero-order valence-corrected chi connectivity index (χ0v) is 8.83. The lowest BCUT2D eigenvalue weighted by Crippen LogP contribution is -2.34. The summed E-state index contributed by atoms with van der Waals surface area (Å²) in [6.07, 6.45) is 1.65. The molecule has 0 N–H and O–H groups in total. The van der Waals surface area contributed by atoms with Crippen LogP contribution >= 0.6 is 0 Å². The average molecular weight is 214 g/mol. The van der Waals surface area contributed by atoms with Crippen LogP contribution in [0.2, 0.25) is 0 Å². The molecule has 0 radical (unpaired) electrons. The maximum Gasteiger partial charge on any atom is 0.151 e. The van der Waals surface area contributed by atoms with Crippen molar-refractivity contribution in [2.45, 2.75) is 18.9 Å². The molecule has 2 heterocycles. The first-order valence-corrected chi connectivity index (χ1v) is 6.77. The number of nitriles is 1. The second kappa shape index (κ2) is 3.52. The monoisotopic (exact) mass is 214 g/mol. The fourth-order valence-electron chi connectivity index (χ4n) is 2.29. The van der Waals surface area contributed by atoms with E-state index >= 15 is 0 Å². The number of likely N-dealkylation sites (tertiary alicyclic amines) is 1. The minimum absolute atomic E-state index is 0.110. The molecule has 0 spiro atoms. The molecule has 2 unspecified atom stereocenters. The Morgan fingerprint density at radius 3 is 2.64 bits per heavy atom. The topological polar surface area (TPSA) is 61.2 Å². The molecule has 2 saturated heterocycles. The van der Waals surface area contributed by atoms with E-state index in [9.17, 15) is 8.42 Å². The van der Waals surface area contributed by atoms with Crippen molar-refractivity contribution in [3.8, 4) is 6.07 Å². The van der Waals surface area contributed by atoms with E-state index in [1.54, 1.807) is 0 Å². The average Bonchev–Trinajstić information content (AvgIpc) is 2.70. The predicted octanol–water partition coefficient (Wildman–Crippen LogP) is 0.0190. The first kappa shape index (κ1) is 9.94. The third-order valence-corrected chi connectivity index (χ3v) is 4.88. The van der Waals surface area contributed by atoms with Gasteiger partial charge in [-0.15, -0.1) is 0 Å². The first-order valence-electron chi connectivity index (χ1n) is 4.95. The Labute approximate surface area is 84.4 Å². The van der Waals surface area contributed by atoms with Crippen LogP contribution < -0.4 is 0 Å². The maximum atomic E-state index is 11.3. The quantitative estimate of drug-likeness (QED) is 0.617. The molecule has 0 aromatic carbocycles. The van der Waals surface area contributed by atoms with Crippen LogP contribution in [0.15, 0.2) is 0 Å². The highest BCUT2D eigenvalue weighted by atomic mass is 32.2. The second-order valence-electron chi connectivity index (χ2n) is 4.17. The van der Waals surface area contributed by atoms with Gasteiger partial charge in [0, 0.05) is 12.6 Å². The Morgan fingerprint density at radius 1 is 1.36 bits per heavy atom. The van der Waals surface area contributed by atoms with Gasteiger partial charge >= 0.3 is 0 Å². The van der Waals surface area contributed by atoms with Crippen molar-refractivity contribution in [1.82, 2.24) is 4.90 Å². The summed E-state index contributed by atoms with van der Waals surface area (Å²) in [7, 11) is -2.78. The van der Waals surface area contributed by atoms with E-state index in [4.69, 9.17) is 5.26 Å². The van der Waals surface area contributed by atoms with Crippen molar-refractivity contribution in [1.29, 1.82) is 5.26 Å². The fraction of sp³-hybridized carbons (Fsp3) is 0.889. The molecule has 78 valence electrons. The zero-order chi connectivity index (χ0) is 10.2. The van der Waals surface area contributed by atoms with Crippen molar-refractivity contribution >= 4 is 9.84 Å². The van der Waals surface area contributed by atoms with Crippen LogP contribution in [-0.2, 0) is 9.84 Å². The van der Waals surface area contributed by atoms with Crippen LogP contribution in [0.25, 0.3) is 0 Å². The standard InChI is InChI=1S/C9H14N2O2S/c10-5-8-1-3-11(6-8)9-2-4-14(12,13)7-9/h8-9H,1-4,6-7H2. The summed E-state index contributed by atoms with van der Waals surface area (Å²) < 4.78 is 22.5. The van der Waals surface area contributed by atoms with Crippen molar-refractivity contribution in [2.24, 2.45) is 5.92 Å². The van der Waals surface area contributed by atoms with Crippen molar-refractivity contribution in [3.05, 3.63) is 0 Å². The summed E-state index contributed by atoms with van der Waals surface area (Å²) in [4.78, 5) is 2.17. The SMILES string of the molecule is N#CC1CCN(C2CCS(=O)(=O)C2)C1. The van der Waals surface area contributed by atoms with Crippen LogP contribution in [0.5, 0.6) is 0 Å². The van der Waals surface area contributed by atoms with Crippen molar-refractivity contribution in [3.63, 3.8) is 0 Å². The molecular weight excluding hydrogens is 200 g/mol. The summed E-state index contributed by atoms with van der Waals surface area (Å²) in [6.45, 7) is 1.65. The largest absolute Gasteiger partial charge is 0.298 e. The van der Waals surface area contributed by atoms with Gasteiger partial charge in [-0.1, -0.05) is 0 Å². The van der Waals surface area contributed by atoms with E-state index in [0.717, 1.165) is 25.9 Å². The smallest absolute Gasteiger partial charge is 0.151 e. The Hall–Kier alpha value is -0.600. The van der Waals surface area contributed by atoms with E-state index in [0.29, 0.717) is 11.5 Å². The summed E-state index contributed by atoms with van der Waals surface area (Å²) >= 11 is 0. The summed E-state index contributed by atoms with van der Waals surface area (Å²) in [5.41, 5.74) is 0. The number of hydrogen-bond donors (Lipinski definition) is 0. The molecule has 2 atom stereocenters. The maximum absolute atomic E-state index is 11.3. The Morgan fingerprint density at radius 2 is 2.14 bits per heavy atom. The minimum Gasteiger partial charge on any atom is -0.298 e. The lowest BCUT2D eigenvalue weighted by atomic mass is 10.1. The van der Waals surface area contributed by atoms with Crippen molar-refractivity contribution < 1.29 is 8.42 Å². The summed E-state index contributed by atoms with van der Waals surface area (Å²) in [6, 6.07) is 2.43. The van der Waals surface area contributed by atoms with E-state index in [2.05, 4.69) is 11.0 Å². The lowest BCUT2D eigenvalue weighted by Gasteiger charge is -2.21. The molecule has 0 bridgehead atoms. The third-order valence-electron chi connectivity index (χ3n) is 3.13.